The first-order chi connectivity index (χ1) is 16.6. The highest BCUT2D eigenvalue weighted by atomic mass is 16.5. The molecule has 34 heavy (non-hydrogen) atoms. The topological polar surface area (TPSA) is 122 Å². The van der Waals surface area contributed by atoms with Crippen molar-refractivity contribution in [1.29, 1.82) is 5.26 Å². The summed E-state index contributed by atoms with van der Waals surface area (Å²) in [6, 6.07) is 10.4. The number of methoxy groups -OCH3 is 1. The van der Waals surface area contributed by atoms with E-state index in [2.05, 4.69) is 20.6 Å². The molecule has 9 heteroatoms. The van der Waals surface area contributed by atoms with Crippen LogP contribution < -0.4 is 10.6 Å². The van der Waals surface area contributed by atoms with E-state index in [1.807, 2.05) is 10.6 Å². The number of carbonyl (C=O) groups is 2. The lowest BCUT2D eigenvalue weighted by molar-refractivity contribution is 0.0926. The molecule has 0 aliphatic heterocycles. The van der Waals surface area contributed by atoms with Crippen LogP contribution in [0.4, 0.5) is 5.95 Å². The molecule has 1 aliphatic carbocycles. The van der Waals surface area contributed by atoms with Gasteiger partial charge in [-0.05, 0) is 43.5 Å². The van der Waals surface area contributed by atoms with Gasteiger partial charge in [-0.2, -0.15) is 5.26 Å². The van der Waals surface area contributed by atoms with Crippen molar-refractivity contribution < 1.29 is 14.3 Å². The van der Waals surface area contributed by atoms with Crippen molar-refractivity contribution in [2.24, 2.45) is 0 Å². The van der Waals surface area contributed by atoms with Gasteiger partial charge in [0.2, 0.25) is 5.95 Å². The summed E-state index contributed by atoms with van der Waals surface area (Å²) in [4.78, 5) is 34.7. The van der Waals surface area contributed by atoms with Gasteiger partial charge in [0.15, 0.2) is 5.65 Å². The van der Waals surface area contributed by atoms with Gasteiger partial charge in [-0.15, -0.1) is 0 Å². The monoisotopic (exact) mass is 460 g/mol. The summed E-state index contributed by atoms with van der Waals surface area (Å²) in [6.45, 7) is 1.07. The lowest BCUT2D eigenvalue weighted by Gasteiger charge is -2.22. The molecule has 0 bridgehead atoms. The molecular formula is C25H28N6O3. The van der Waals surface area contributed by atoms with Crippen LogP contribution in [0.3, 0.4) is 0 Å². The summed E-state index contributed by atoms with van der Waals surface area (Å²) >= 11 is 0. The maximum atomic E-state index is 12.9. The molecule has 2 amide bonds. The maximum absolute atomic E-state index is 12.9. The van der Waals surface area contributed by atoms with Crippen LogP contribution in [-0.2, 0) is 11.3 Å². The van der Waals surface area contributed by atoms with Crippen LogP contribution in [0, 0.1) is 11.3 Å². The Bertz CT molecular complexity index is 1220. The number of aromatic nitrogens is 3. The van der Waals surface area contributed by atoms with Crippen molar-refractivity contribution in [1.82, 2.24) is 19.9 Å². The third-order valence-electron chi connectivity index (χ3n) is 6.00. The minimum Gasteiger partial charge on any atom is -0.385 e. The number of fused-ring (bicyclic) bond motifs is 1. The molecule has 2 aromatic heterocycles. The fraction of sp³-hybridized carbons (Fsp3) is 0.400. The normalized spacial score (nSPS) is 14.0. The molecule has 0 radical (unpaired) electrons. The first kappa shape index (κ1) is 23.4. The van der Waals surface area contributed by atoms with Crippen molar-refractivity contribution in [3.8, 4) is 6.07 Å². The first-order valence-electron chi connectivity index (χ1n) is 11.6. The van der Waals surface area contributed by atoms with Gasteiger partial charge in [0, 0.05) is 38.1 Å². The largest absolute Gasteiger partial charge is 0.385 e. The number of ether oxygens (including phenoxy) is 1. The summed E-state index contributed by atoms with van der Waals surface area (Å²) in [5.74, 6) is -0.208. The second-order valence-electron chi connectivity index (χ2n) is 8.46. The number of benzene rings is 1. The molecule has 4 rings (SSSR count). The molecule has 0 saturated heterocycles. The summed E-state index contributed by atoms with van der Waals surface area (Å²) in [6.07, 6.45) is 7.73. The predicted octanol–water partition coefficient (Wildman–Crippen LogP) is 3.65. The molecule has 2 N–H and O–H groups in total. The molecule has 1 saturated carbocycles. The van der Waals surface area contributed by atoms with Gasteiger partial charge in [0.25, 0.3) is 11.8 Å². The number of amides is 2. The molecule has 176 valence electrons. The number of carbonyl (C=O) groups excluding carboxylic acids is 2. The van der Waals surface area contributed by atoms with Crippen molar-refractivity contribution in [2.75, 3.05) is 19.0 Å². The zero-order chi connectivity index (χ0) is 23.9. The third-order valence-corrected chi connectivity index (χ3v) is 6.00. The zero-order valence-corrected chi connectivity index (χ0v) is 19.2. The number of nitrogens with zero attached hydrogens (tertiary/aromatic N) is 4. The highest BCUT2D eigenvalue weighted by molar-refractivity contribution is 6.04. The first-order valence-corrected chi connectivity index (χ1v) is 11.6. The van der Waals surface area contributed by atoms with Gasteiger partial charge in [-0.3, -0.25) is 19.5 Å². The number of aryl methyl sites for hydroxylation is 1. The molecule has 2 heterocycles. The van der Waals surface area contributed by atoms with Gasteiger partial charge in [-0.25, -0.2) is 9.97 Å². The van der Waals surface area contributed by atoms with E-state index in [-0.39, 0.29) is 17.9 Å². The predicted molar refractivity (Wildman–Crippen MR) is 127 cm³/mol. The van der Waals surface area contributed by atoms with Crippen LogP contribution in [-0.4, -0.2) is 46.1 Å². The van der Waals surface area contributed by atoms with Gasteiger partial charge in [0.05, 0.1) is 17.2 Å². The number of hydrogen-bond donors (Lipinski definition) is 2. The highest BCUT2D eigenvalue weighted by Crippen LogP contribution is 2.22. The SMILES string of the molecule is COCCCn1c(NC(=O)c2cccc(C#N)c2)nc2cc(C(=O)NC3CCCCC3)cnc21. The third kappa shape index (κ3) is 5.41. The number of nitriles is 1. The Balaban J connectivity index is 1.60. The average molecular weight is 461 g/mol. The van der Waals surface area contributed by atoms with Crippen LogP contribution in [0.25, 0.3) is 11.2 Å². The minimum atomic E-state index is -0.379. The molecule has 3 aromatic rings. The Morgan fingerprint density at radius 2 is 2.00 bits per heavy atom. The summed E-state index contributed by atoms with van der Waals surface area (Å²) < 4.78 is 6.97. The summed E-state index contributed by atoms with van der Waals surface area (Å²) in [5.41, 5.74) is 2.30. The van der Waals surface area contributed by atoms with E-state index in [4.69, 9.17) is 10.00 Å². The second-order valence-corrected chi connectivity index (χ2v) is 8.46. The van der Waals surface area contributed by atoms with E-state index >= 15 is 0 Å². The van der Waals surface area contributed by atoms with Gasteiger partial charge >= 0.3 is 0 Å². The fourth-order valence-corrected chi connectivity index (χ4v) is 4.23. The van der Waals surface area contributed by atoms with Crippen molar-refractivity contribution >= 4 is 28.9 Å². The average Bonchev–Trinajstić information content (AvgIpc) is 3.20. The van der Waals surface area contributed by atoms with E-state index in [1.165, 1.54) is 12.5 Å². The number of nitrogens with one attached hydrogen (secondary N) is 2. The highest BCUT2D eigenvalue weighted by Gasteiger charge is 2.20. The molecule has 0 atom stereocenters. The second kappa shape index (κ2) is 10.9. The Morgan fingerprint density at radius 3 is 2.76 bits per heavy atom. The van der Waals surface area contributed by atoms with Crippen LogP contribution in [0.5, 0.6) is 0 Å². The number of rotatable bonds is 8. The van der Waals surface area contributed by atoms with Crippen LogP contribution in [0.15, 0.2) is 36.5 Å². The minimum absolute atomic E-state index is 0.158. The van der Waals surface area contributed by atoms with Crippen molar-refractivity contribution in [3.63, 3.8) is 0 Å². The number of imidazole rings is 1. The van der Waals surface area contributed by atoms with Crippen LogP contribution in [0.1, 0.15) is 64.8 Å². The molecule has 0 unspecified atom stereocenters. The van der Waals surface area contributed by atoms with E-state index in [0.717, 1.165) is 25.7 Å². The van der Waals surface area contributed by atoms with Crippen LogP contribution in [0.2, 0.25) is 0 Å². The Hall–Kier alpha value is -3.77. The van der Waals surface area contributed by atoms with Crippen molar-refractivity contribution in [2.45, 2.75) is 51.1 Å². The quantitative estimate of drug-likeness (QED) is 0.495. The number of hydrogen-bond acceptors (Lipinski definition) is 6. The molecule has 9 nitrogen and oxygen atoms in total. The van der Waals surface area contributed by atoms with E-state index < -0.39 is 0 Å². The number of anilines is 1. The Kier molecular flexibility index (Phi) is 7.50. The van der Waals surface area contributed by atoms with E-state index in [1.54, 1.807) is 37.6 Å². The fourth-order valence-electron chi connectivity index (χ4n) is 4.23. The van der Waals surface area contributed by atoms with E-state index in [9.17, 15) is 9.59 Å². The molecule has 1 aliphatic rings. The molecular weight excluding hydrogens is 432 g/mol. The molecule has 0 spiro atoms. The van der Waals surface area contributed by atoms with E-state index in [0.29, 0.717) is 53.4 Å². The van der Waals surface area contributed by atoms with Gasteiger partial charge < -0.3 is 10.1 Å². The Morgan fingerprint density at radius 1 is 1.18 bits per heavy atom. The molecule has 1 aromatic carbocycles. The maximum Gasteiger partial charge on any atom is 0.258 e. The summed E-state index contributed by atoms with van der Waals surface area (Å²) in [5, 5.41) is 15.0. The van der Waals surface area contributed by atoms with Crippen LogP contribution >= 0.6 is 0 Å². The standard InChI is InChI=1S/C25H28N6O3/c1-34-12-6-11-31-22-21(14-19(16-27-22)24(33)28-20-9-3-2-4-10-20)29-25(31)30-23(32)18-8-5-7-17(13-18)15-26/h5,7-8,13-14,16,20H,2-4,6,9-12H2,1H3,(H,28,33)(H,29,30,32). The zero-order valence-electron chi connectivity index (χ0n) is 19.2. The smallest absolute Gasteiger partial charge is 0.258 e. The molecule has 1 fully saturated rings. The lowest BCUT2D eigenvalue weighted by atomic mass is 9.95. The summed E-state index contributed by atoms with van der Waals surface area (Å²) in [7, 11) is 1.63. The number of pyridine rings is 1. The lowest BCUT2D eigenvalue weighted by Crippen LogP contribution is -2.36. The Labute approximate surface area is 198 Å². The van der Waals surface area contributed by atoms with Gasteiger partial charge in [0.1, 0.15) is 5.52 Å². The van der Waals surface area contributed by atoms with Crippen molar-refractivity contribution in [3.05, 3.63) is 53.2 Å². The van der Waals surface area contributed by atoms with Gasteiger partial charge in [-0.1, -0.05) is 25.3 Å².